The van der Waals surface area contributed by atoms with Crippen molar-refractivity contribution in [2.24, 2.45) is 0 Å². The molecule has 0 aromatic carbocycles. The lowest BCUT2D eigenvalue weighted by molar-refractivity contribution is -0.134. The lowest BCUT2D eigenvalue weighted by Gasteiger charge is -1.98. The van der Waals surface area contributed by atoms with Crippen LogP contribution in [0, 0.1) is 0 Å². The lowest BCUT2D eigenvalue weighted by atomic mass is 10.1. The van der Waals surface area contributed by atoms with Crippen LogP contribution in [-0.2, 0) is 14.3 Å². The second-order valence-corrected chi connectivity index (χ2v) is 10.4. The minimum absolute atomic E-state index is 0.253. The van der Waals surface area contributed by atoms with Crippen LogP contribution in [-0.4, -0.2) is 19.4 Å². The number of ether oxygens (including phenoxy) is 1. The van der Waals surface area contributed by atoms with Crippen molar-refractivity contribution in [3.63, 3.8) is 0 Å². The molecule has 0 aliphatic carbocycles. The second kappa shape index (κ2) is 37.5. The van der Waals surface area contributed by atoms with E-state index in [9.17, 15) is 9.59 Å². The highest BCUT2D eigenvalue weighted by Gasteiger charge is 1.92. The summed E-state index contributed by atoms with van der Waals surface area (Å²) in [6.45, 7) is 4.51. The van der Waals surface area contributed by atoms with E-state index in [2.05, 4.69) is 42.9 Å². The Morgan fingerprint density at radius 2 is 0.789 bits per heavy atom. The Morgan fingerprint density at radius 1 is 0.474 bits per heavy atom. The van der Waals surface area contributed by atoms with Gasteiger partial charge in [-0.05, 0) is 70.6 Å². The van der Waals surface area contributed by atoms with Gasteiger partial charge >= 0.3 is 5.97 Å². The van der Waals surface area contributed by atoms with Gasteiger partial charge in [-0.2, -0.15) is 0 Å². The molecule has 0 N–H and O–H groups in total. The average Bonchev–Trinajstić information content (AvgIpc) is 2.93. The van der Waals surface area contributed by atoms with Crippen LogP contribution in [0.15, 0.2) is 36.5 Å². The summed E-state index contributed by atoms with van der Waals surface area (Å²) in [5.74, 6) is -0.253. The van der Waals surface area contributed by atoms with Crippen molar-refractivity contribution in [3.8, 4) is 0 Å². The third-order valence-corrected chi connectivity index (χ3v) is 6.67. The zero-order valence-corrected chi connectivity index (χ0v) is 25.7. The Balaban J connectivity index is 0. The zero-order valence-electron chi connectivity index (χ0n) is 25.7. The van der Waals surface area contributed by atoms with E-state index in [1.54, 1.807) is 0 Å². The number of allylic oxidation sites excluding steroid dienone is 5. The van der Waals surface area contributed by atoms with Gasteiger partial charge in [0.05, 0.1) is 7.11 Å². The minimum Gasteiger partial charge on any atom is -0.466 e. The van der Waals surface area contributed by atoms with Crippen molar-refractivity contribution in [1.82, 2.24) is 0 Å². The fourth-order valence-electron chi connectivity index (χ4n) is 4.17. The molecule has 0 saturated heterocycles. The molecule has 0 atom stereocenters. The maximum absolute atomic E-state index is 10.8. The number of unbranched alkanes of at least 4 members (excludes halogenated alkanes) is 20. The first kappa shape index (κ1) is 38.5. The van der Waals surface area contributed by atoms with E-state index in [-0.39, 0.29) is 5.97 Å². The van der Waals surface area contributed by atoms with Gasteiger partial charge in [0.25, 0.3) is 0 Å². The first-order valence-corrected chi connectivity index (χ1v) is 16.2. The molecule has 0 heterocycles. The average molecular weight is 533 g/mol. The van der Waals surface area contributed by atoms with Crippen molar-refractivity contribution in [3.05, 3.63) is 36.5 Å². The van der Waals surface area contributed by atoms with Crippen LogP contribution in [0.2, 0.25) is 0 Å². The Hall–Kier alpha value is -1.64. The molecule has 0 amide bonds. The molecule has 0 saturated carbocycles. The maximum atomic E-state index is 10.8. The normalized spacial score (nSPS) is 11.3. The van der Waals surface area contributed by atoms with Crippen molar-refractivity contribution in [2.75, 3.05) is 7.11 Å². The molecule has 0 rings (SSSR count). The van der Waals surface area contributed by atoms with Crippen LogP contribution in [0.3, 0.4) is 0 Å². The fourth-order valence-corrected chi connectivity index (χ4v) is 4.17. The molecule has 0 aromatic heterocycles. The molecule has 0 spiro atoms. The Bertz CT molecular complexity index is 547. The van der Waals surface area contributed by atoms with Crippen molar-refractivity contribution in [2.45, 2.75) is 168 Å². The summed E-state index contributed by atoms with van der Waals surface area (Å²) >= 11 is 0. The van der Waals surface area contributed by atoms with E-state index in [1.807, 2.05) is 6.08 Å². The standard InChI is InChI=1S/C19H34O2.C16H30O/c1-3-4-5-6-7-8-9-10-11-12-13-14-15-16-17-18-19(20)21-2;1-2-3-4-5-6-7-8-9-10-11-12-13-14-15-16-17/h8-9,17-18H,3-7,10-16H2,1-2H3;7-8,16H,2-6,9-15H2,1H3/b9-8-,18-17+;8-7-. The molecule has 3 heteroatoms. The van der Waals surface area contributed by atoms with Gasteiger partial charge in [-0.1, -0.05) is 121 Å². The number of carbonyl (C=O) groups is 2. The third kappa shape index (κ3) is 38.9. The third-order valence-electron chi connectivity index (χ3n) is 6.67. The first-order chi connectivity index (χ1) is 18.7. The SMILES string of the molecule is CCCCCC/C=C\CCCCCCC/C=C/C(=O)OC.CCCCCC/C=C\CCCCCCCC=O. The zero-order chi connectivity index (χ0) is 28.2. The molecule has 0 aliphatic heterocycles. The van der Waals surface area contributed by atoms with Gasteiger partial charge in [-0.25, -0.2) is 4.79 Å². The van der Waals surface area contributed by atoms with E-state index in [1.165, 1.54) is 148 Å². The molecule has 0 fully saturated rings. The maximum Gasteiger partial charge on any atom is 0.330 e. The first-order valence-electron chi connectivity index (χ1n) is 16.2. The number of methoxy groups -OCH3 is 1. The van der Waals surface area contributed by atoms with Crippen LogP contribution < -0.4 is 0 Å². The van der Waals surface area contributed by atoms with Crippen LogP contribution in [0.1, 0.15) is 168 Å². The molecule has 3 nitrogen and oxygen atoms in total. The number of hydrogen-bond donors (Lipinski definition) is 0. The van der Waals surface area contributed by atoms with E-state index < -0.39 is 0 Å². The molecular formula is C35H64O3. The Morgan fingerprint density at radius 3 is 1.13 bits per heavy atom. The number of hydrogen-bond acceptors (Lipinski definition) is 3. The molecule has 0 aliphatic rings. The van der Waals surface area contributed by atoms with Gasteiger partial charge in [0.15, 0.2) is 0 Å². The van der Waals surface area contributed by atoms with Crippen molar-refractivity contribution < 1.29 is 14.3 Å². The van der Waals surface area contributed by atoms with Gasteiger partial charge in [0.2, 0.25) is 0 Å². The number of carbonyl (C=O) groups excluding carboxylic acids is 2. The summed E-state index contributed by atoms with van der Waals surface area (Å²) in [6.07, 6.45) is 44.0. The van der Waals surface area contributed by atoms with Gasteiger partial charge in [0, 0.05) is 12.5 Å². The molecule has 222 valence electrons. The molecule has 38 heavy (non-hydrogen) atoms. The Labute approximate surface area is 238 Å². The summed E-state index contributed by atoms with van der Waals surface area (Å²) in [5, 5.41) is 0. The van der Waals surface area contributed by atoms with Gasteiger partial charge in [-0.15, -0.1) is 0 Å². The topological polar surface area (TPSA) is 43.4 Å². The van der Waals surface area contributed by atoms with E-state index in [0.29, 0.717) is 0 Å². The largest absolute Gasteiger partial charge is 0.466 e. The monoisotopic (exact) mass is 532 g/mol. The van der Waals surface area contributed by atoms with Crippen molar-refractivity contribution >= 4 is 12.3 Å². The van der Waals surface area contributed by atoms with E-state index in [4.69, 9.17) is 0 Å². The summed E-state index contributed by atoms with van der Waals surface area (Å²) in [6, 6.07) is 0. The lowest BCUT2D eigenvalue weighted by Crippen LogP contribution is -1.93. The summed E-state index contributed by atoms with van der Waals surface area (Å²) in [5.41, 5.74) is 0. The summed E-state index contributed by atoms with van der Waals surface area (Å²) < 4.78 is 4.54. The van der Waals surface area contributed by atoms with Crippen LogP contribution >= 0.6 is 0 Å². The molecular weight excluding hydrogens is 468 g/mol. The predicted molar refractivity (Wildman–Crippen MR) is 168 cm³/mol. The summed E-state index contributed by atoms with van der Waals surface area (Å²) in [7, 11) is 1.41. The molecule has 0 aromatic rings. The Kier molecular flexibility index (Phi) is 38.0. The summed E-state index contributed by atoms with van der Waals surface area (Å²) in [4.78, 5) is 20.9. The van der Waals surface area contributed by atoms with Crippen molar-refractivity contribution in [1.29, 1.82) is 0 Å². The minimum atomic E-state index is -0.253. The van der Waals surface area contributed by atoms with E-state index >= 15 is 0 Å². The van der Waals surface area contributed by atoms with Crippen LogP contribution in [0.25, 0.3) is 0 Å². The van der Waals surface area contributed by atoms with Crippen LogP contribution in [0.5, 0.6) is 0 Å². The van der Waals surface area contributed by atoms with Gasteiger partial charge in [0.1, 0.15) is 6.29 Å². The number of rotatable bonds is 27. The highest BCUT2D eigenvalue weighted by atomic mass is 16.5. The predicted octanol–water partition coefficient (Wildman–Crippen LogP) is 11.4. The smallest absolute Gasteiger partial charge is 0.330 e. The highest BCUT2D eigenvalue weighted by molar-refractivity contribution is 5.81. The van der Waals surface area contributed by atoms with Crippen LogP contribution in [0.4, 0.5) is 0 Å². The number of aldehydes is 1. The number of esters is 1. The quantitative estimate of drug-likeness (QED) is 0.0347. The van der Waals surface area contributed by atoms with Gasteiger partial charge < -0.3 is 9.53 Å². The van der Waals surface area contributed by atoms with Gasteiger partial charge in [-0.3, -0.25) is 0 Å². The highest BCUT2D eigenvalue weighted by Crippen LogP contribution is 2.10. The second-order valence-electron chi connectivity index (χ2n) is 10.4. The molecule has 0 bridgehead atoms. The fraction of sp³-hybridized carbons (Fsp3) is 0.771. The molecule has 0 radical (unpaired) electrons. The van der Waals surface area contributed by atoms with E-state index in [0.717, 1.165) is 25.5 Å². The molecule has 0 unspecified atom stereocenters.